The van der Waals surface area contributed by atoms with Crippen LogP contribution in [0, 0.1) is 6.92 Å². The van der Waals surface area contributed by atoms with Crippen molar-refractivity contribution in [3.63, 3.8) is 0 Å². The van der Waals surface area contributed by atoms with Gasteiger partial charge in [0.05, 0.1) is 5.69 Å². The lowest BCUT2D eigenvalue weighted by atomic mass is 10.2. The fourth-order valence-electron chi connectivity index (χ4n) is 2.02. The summed E-state index contributed by atoms with van der Waals surface area (Å²) in [5.74, 6) is 0.581. The first kappa shape index (κ1) is 12.9. The molecule has 3 rings (SSSR count). The summed E-state index contributed by atoms with van der Waals surface area (Å²) in [7, 11) is 0. The molecular weight excluding hydrogens is 318 g/mol. The Balaban J connectivity index is 2.18. The summed E-state index contributed by atoms with van der Waals surface area (Å²) >= 11 is 3.36. The van der Waals surface area contributed by atoms with Crippen molar-refractivity contribution in [2.45, 2.75) is 6.92 Å². The molecule has 20 heavy (non-hydrogen) atoms. The van der Waals surface area contributed by atoms with Crippen molar-refractivity contribution in [3.05, 3.63) is 69.1 Å². The molecule has 0 aliphatic rings. The summed E-state index contributed by atoms with van der Waals surface area (Å²) in [4.78, 5) is 16.5. The first-order valence-electron chi connectivity index (χ1n) is 6.16. The third kappa shape index (κ3) is 2.20. The van der Waals surface area contributed by atoms with Crippen LogP contribution in [-0.2, 0) is 0 Å². The molecule has 0 atom stereocenters. The number of aryl methyl sites for hydroxylation is 1. The molecule has 0 aliphatic heterocycles. The van der Waals surface area contributed by atoms with Gasteiger partial charge in [-0.05, 0) is 40.5 Å². The molecule has 0 radical (unpaired) electrons. The number of benzene rings is 1. The van der Waals surface area contributed by atoms with Gasteiger partial charge < -0.3 is 0 Å². The van der Waals surface area contributed by atoms with Gasteiger partial charge in [-0.25, -0.2) is 9.67 Å². The van der Waals surface area contributed by atoms with Crippen molar-refractivity contribution in [1.29, 1.82) is 0 Å². The van der Waals surface area contributed by atoms with Gasteiger partial charge in [0.1, 0.15) is 4.47 Å². The lowest BCUT2D eigenvalue weighted by Gasteiger charge is -2.02. The van der Waals surface area contributed by atoms with E-state index >= 15 is 0 Å². The number of halogens is 1. The lowest BCUT2D eigenvalue weighted by Crippen LogP contribution is -2.15. The zero-order chi connectivity index (χ0) is 14.1. The summed E-state index contributed by atoms with van der Waals surface area (Å²) in [5.41, 5.74) is 2.60. The summed E-state index contributed by atoms with van der Waals surface area (Å²) in [5, 5.41) is 3.10. The molecular formula is C15H12BrN3O. The smallest absolute Gasteiger partial charge is 0.287 e. The molecule has 1 N–H and O–H groups in total. The van der Waals surface area contributed by atoms with Crippen LogP contribution in [0.5, 0.6) is 0 Å². The molecule has 1 aromatic carbocycles. The molecule has 0 unspecified atom stereocenters. The number of hydrogen-bond acceptors (Lipinski definition) is 2. The Morgan fingerprint density at radius 2 is 1.95 bits per heavy atom. The van der Waals surface area contributed by atoms with Crippen molar-refractivity contribution >= 4 is 15.9 Å². The van der Waals surface area contributed by atoms with E-state index in [1.165, 1.54) is 4.68 Å². The van der Waals surface area contributed by atoms with Crippen LogP contribution < -0.4 is 5.56 Å². The van der Waals surface area contributed by atoms with Crippen molar-refractivity contribution < 1.29 is 0 Å². The van der Waals surface area contributed by atoms with E-state index < -0.39 is 0 Å². The van der Waals surface area contributed by atoms with Gasteiger partial charge in [-0.2, -0.15) is 0 Å². The molecule has 3 aromatic rings. The predicted molar refractivity (Wildman–Crippen MR) is 82.1 cm³/mol. The van der Waals surface area contributed by atoms with Gasteiger partial charge in [-0.1, -0.05) is 30.3 Å². The molecule has 4 nitrogen and oxygen atoms in total. The Hall–Kier alpha value is -2.14. The van der Waals surface area contributed by atoms with Crippen LogP contribution in [0.4, 0.5) is 0 Å². The quantitative estimate of drug-likeness (QED) is 0.784. The highest BCUT2D eigenvalue weighted by Gasteiger charge is 2.14. The van der Waals surface area contributed by atoms with E-state index in [4.69, 9.17) is 0 Å². The summed E-state index contributed by atoms with van der Waals surface area (Å²) < 4.78 is 1.95. The number of nitrogens with zero attached hydrogens (tertiary/aromatic N) is 2. The highest BCUT2D eigenvalue weighted by atomic mass is 79.9. The molecule has 5 heteroatoms. The third-order valence-corrected chi connectivity index (χ3v) is 3.76. The number of H-pyrrole nitrogens is 1. The van der Waals surface area contributed by atoms with Gasteiger partial charge in [0.15, 0.2) is 5.82 Å². The molecule has 100 valence electrons. The van der Waals surface area contributed by atoms with Gasteiger partial charge in [0.2, 0.25) is 0 Å². The van der Waals surface area contributed by atoms with Crippen LogP contribution in [0.3, 0.4) is 0 Å². The average Bonchev–Trinajstić information content (AvgIpc) is 2.76. The number of aromatic amines is 1. The van der Waals surface area contributed by atoms with Crippen LogP contribution in [0.1, 0.15) is 5.56 Å². The zero-order valence-electron chi connectivity index (χ0n) is 10.8. The maximum absolute atomic E-state index is 12.3. The van der Waals surface area contributed by atoms with E-state index in [1.807, 2.05) is 49.4 Å². The van der Waals surface area contributed by atoms with E-state index in [1.54, 1.807) is 6.20 Å². The van der Waals surface area contributed by atoms with E-state index in [0.717, 1.165) is 16.8 Å². The summed E-state index contributed by atoms with van der Waals surface area (Å²) in [6.45, 7) is 1.96. The predicted octanol–water partition coefficient (Wildman–Crippen LogP) is 3.30. The molecule has 2 aromatic heterocycles. The number of hydrogen-bond donors (Lipinski definition) is 1. The standard InChI is InChI=1S/C15H12BrN3O/c1-10-7-8-17-12(9-10)19-15(20)13(16)14(18-19)11-5-3-2-4-6-11/h2-9,18H,1H3. The SMILES string of the molecule is Cc1ccnc(-n2[nH]c(-c3ccccc3)c(Br)c2=O)c1. The van der Waals surface area contributed by atoms with Crippen LogP contribution >= 0.6 is 15.9 Å². The highest BCUT2D eigenvalue weighted by molar-refractivity contribution is 9.10. The number of pyridine rings is 1. The molecule has 0 bridgehead atoms. The average molecular weight is 330 g/mol. The van der Waals surface area contributed by atoms with E-state index in [-0.39, 0.29) is 5.56 Å². The Labute approximate surface area is 124 Å². The minimum atomic E-state index is -0.151. The highest BCUT2D eigenvalue weighted by Crippen LogP contribution is 2.24. The second kappa shape index (κ2) is 5.09. The molecule has 0 saturated heterocycles. The van der Waals surface area contributed by atoms with Crippen molar-refractivity contribution in [3.8, 4) is 17.1 Å². The fraction of sp³-hybridized carbons (Fsp3) is 0.0667. The number of aromatic nitrogens is 3. The molecule has 2 heterocycles. The molecule has 0 saturated carbocycles. The number of nitrogens with one attached hydrogen (secondary N) is 1. The minimum Gasteiger partial charge on any atom is -0.288 e. The maximum Gasteiger partial charge on any atom is 0.287 e. The van der Waals surface area contributed by atoms with Gasteiger partial charge in [-0.15, -0.1) is 0 Å². The van der Waals surface area contributed by atoms with Crippen LogP contribution in [-0.4, -0.2) is 14.8 Å². The Bertz CT molecular complexity index is 805. The van der Waals surface area contributed by atoms with Crippen LogP contribution in [0.15, 0.2) is 57.9 Å². The van der Waals surface area contributed by atoms with Gasteiger partial charge in [-0.3, -0.25) is 9.89 Å². The Kier molecular flexibility index (Phi) is 3.28. The minimum absolute atomic E-state index is 0.151. The first-order valence-corrected chi connectivity index (χ1v) is 6.95. The Morgan fingerprint density at radius 3 is 2.65 bits per heavy atom. The lowest BCUT2D eigenvalue weighted by molar-refractivity contribution is 0.819. The van der Waals surface area contributed by atoms with Gasteiger partial charge >= 0.3 is 0 Å². The molecule has 0 amide bonds. The second-order valence-electron chi connectivity index (χ2n) is 4.50. The van der Waals surface area contributed by atoms with Crippen molar-refractivity contribution in [1.82, 2.24) is 14.8 Å². The van der Waals surface area contributed by atoms with E-state index in [2.05, 4.69) is 26.0 Å². The second-order valence-corrected chi connectivity index (χ2v) is 5.29. The van der Waals surface area contributed by atoms with Crippen molar-refractivity contribution in [2.24, 2.45) is 0 Å². The van der Waals surface area contributed by atoms with Crippen LogP contribution in [0.2, 0.25) is 0 Å². The monoisotopic (exact) mass is 329 g/mol. The largest absolute Gasteiger partial charge is 0.288 e. The summed E-state index contributed by atoms with van der Waals surface area (Å²) in [6, 6.07) is 13.5. The van der Waals surface area contributed by atoms with Gasteiger partial charge in [0, 0.05) is 11.8 Å². The molecule has 0 fully saturated rings. The topological polar surface area (TPSA) is 50.7 Å². The van der Waals surface area contributed by atoms with Gasteiger partial charge in [0.25, 0.3) is 5.56 Å². The van der Waals surface area contributed by atoms with E-state index in [9.17, 15) is 4.79 Å². The first-order chi connectivity index (χ1) is 9.66. The molecule has 0 aliphatic carbocycles. The number of rotatable bonds is 2. The van der Waals surface area contributed by atoms with Crippen molar-refractivity contribution in [2.75, 3.05) is 0 Å². The zero-order valence-corrected chi connectivity index (χ0v) is 12.4. The summed E-state index contributed by atoms with van der Waals surface area (Å²) in [6.07, 6.45) is 1.69. The molecule has 0 spiro atoms. The van der Waals surface area contributed by atoms with E-state index in [0.29, 0.717) is 10.3 Å². The fourth-order valence-corrected chi connectivity index (χ4v) is 2.51. The van der Waals surface area contributed by atoms with Crippen LogP contribution in [0.25, 0.3) is 17.1 Å². The maximum atomic E-state index is 12.3. The Morgan fingerprint density at radius 1 is 1.20 bits per heavy atom. The third-order valence-electron chi connectivity index (χ3n) is 3.03. The normalized spacial score (nSPS) is 10.7.